The van der Waals surface area contributed by atoms with Gasteiger partial charge in [-0.2, -0.15) is 0 Å². The third-order valence-electron chi connectivity index (χ3n) is 7.01. The van der Waals surface area contributed by atoms with Crippen LogP contribution in [0.3, 0.4) is 0 Å². The summed E-state index contributed by atoms with van der Waals surface area (Å²) < 4.78 is 34.6. The normalized spacial score (nSPS) is 18.4. The standard InChI is InChI=1S/C25H37N3O3S2/c1-18-24(32-25(27-18)28-21-11-7-4-8-12-21)20-13-14-22(31-2)23(17-20)33(29,30)26-16-15-19-9-5-3-6-10-19/h13-14,17,19,21,26H,3-12,15-16H2,1-2H3,(H,27,28). The summed E-state index contributed by atoms with van der Waals surface area (Å²) in [5.41, 5.74) is 1.77. The summed E-state index contributed by atoms with van der Waals surface area (Å²) in [6.45, 7) is 2.45. The summed E-state index contributed by atoms with van der Waals surface area (Å²) in [5.74, 6) is 0.997. The van der Waals surface area contributed by atoms with Gasteiger partial charge in [-0.25, -0.2) is 18.1 Å². The molecule has 8 heteroatoms. The number of benzene rings is 1. The first-order valence-corrected chi connectivity index (χ1v) is 14.7. The Balaban J connectivity index is 1.50. The van der Waals surface area contributed by atoms with E-state index in [0.717, 1.165) is 27.7 Å². The lowest BCUT2D eigenvalue weighted by Crippen LogP contribution is -2.27. The molecule has 2 aliphatic carbocycles. The van der Waals surface area contributed by atoms with E-state index in [0.29, 0.717) is 24.3 Å². The van der Waals surface area contributed by atoms with Gasteiger partial charge in [0.05, 0.1) is 17.7 Å². The second-order valence-corrected chi connectivity index (χ2v) is 12.2. The van der Waals surface area contributed by atoms with Gasteiger partial charge in [-0.3, -0.25) is 0 Å². The number of rotatable bonds is 9. The predicted molar refractivity (Wildman–Crippen MR) is 136 cm³/mol. The van der Waals surface area contributed by atoms with Gasteiger partial charge in [-0.15, -0.1) is 0 Å². The van der Waals surface area contributed by atoms with Crippen molar-refractivity contribution in [2.45, 2.75) is 88.5 Å². The first-order valence-electron chi connectivity index (χ1n) is 12.4. The second-order valence-electron chi connectivity index (χ2n) is 9.47. The Labute approximate surface area is 202 Å². The van der Waals surface area contributed by atoms with E-state index in [2.05, 4.69) is 10.0 Å². The van der Waals surface area contributed by atoms with E-state index in [-0.39, 0.29) is 4.90 Å². The van der Waals surface area contributed by atoms with Crippen LogP contribution in [0.15, 0.2) is 23.1 Å². The summed E-state index contributed by atoms with van der Waals surface area (Å²) in [6, 6.07) is 5.88. The van der Waals surface area contributed by atoms with Crippen molar-refractivity contribution in [3.8, 4) is 16.2 Å². The molecule has 2 fully saturated rings. The minimum atomic E-state index is -3.67. The maximum atomic E-state index is 13.2. The number of methoxy groups -OCH3 is 1. The molecule has 0 spiro atoms. The molecule has 0 aliphatic heterocycles. The molecule has 182 valence electrons. The molecule has 0 radical (unpaired) electrons. The molecule has 1 aromatic carbocycles. The van der Waals surface area contributed by atoms with Gasteiger partial charge in [0.2, 0.25) is 10.0 Å². The number of thiazole rings is 1. The Kier molecular flexibility index (Phi) is 8.30. The average molecular weight is 492 g/mol. The fourth-order valence-corrected chi connectivity index (χ4v) is 7.41. The lowest BCUT2D eigenvalue weighted by molar-refractivity contribution is 0.339. The summed E-state index contributed by atoms with van der Waals surface area (Å²) in [5, 5.41) is 4.51. The van der Waals surface area contributed by atoms with Crippen molar-refractivity contribution in [2.24, 2.45) is 5.92 Å². The molecule has 0 bridgehead atoms. The summed E-state index contributed by atoms with van der Waals surface area (Å²) in [7, 11) is -2.16. The SMILES string of the molecule is COc1ccc(-c2sc(NC3CCCCC3)nc2C)cc1S(=O)(=O)NCCC1CCCCC1. The van der Waals surface area contributed by atoms with Crippen molar-refractivity contribution in [3.05, 3.63) is 23.9 Å². The first kappa shape index (κ1) is 24.5. The van der Waals surface area contributed by atoms with Crippen molar-refractivity contribution in [2.75, 3.05) is 19.0 Å². The molecule has 0 atom stereocenters. The maximum Gasteiger partial charge on any atom is 0.244 e. The third kappa shape index (κ3) is 6.28. The molecule has 2 aromatic rings. The zero-order valence-corrected chi connectivity index (χ0v) is 21.5. The van der Waals surface area contributed by atoms with Gasteiger partial charge in [0.15, 0.2) is 5.13 Å². The third-order valence-corrected chi connectivity index (χ3v) is 9.63. The van der Waals surface area contributed by atoms with E-state index in [1.165, 1.54) is 71.3 Å². The van der Waals surface area contributed by atoms with Crippen LogP contribution >= 0.6 is 11.3 Å². The number of sulfonamides is 1. The van der Waals surface area contributed by atoms with Gasteiger partial charge in [0.25, 0.3) is 0 Å². The fourth-order valence-electron chi connectivity index (χ4n) is 5.13. The van der Waals surface area contributed by atoms with Crippen LogP contribution in [0.2, 0.25) is 0 Å². The first-order chi connectivity index (χ1) is 16.0. The number of ether oxygens (including phenoxy) is 1. The number of hydrogen-bond donors (Lipinski definition) is 2. The highest BCUT2D eigenvalue weighted by Crippen LogP contribution is 2.37. The van der Waals surface area contributed by atoms with Gasteiger partial charge in [-0.05, 0) is 55.9 Å². The molecule has 1 heterocycles. The van der Waals surface area contributed by atoms with Crippen LogP contribution in [0.25, 0.3) is 10.4 Å². The van der Waals surface area contributed by atoms with Crippen molar-refractivity contribution < 1.29 is 13.2 Å². The zero-order valence-electron chi connectivity index (χ0n) is 19.9. The van der Waals surface area contributed by atoms with Gasteiger partial charge in [0.1, 0.15) is 10.6 Å². The largest absolute Gasteiger partial charge is 0.495 e. The molecule has 0 amide bonds. The number of aromatic nitrogens is 1. The van der Waals surface area contributed by atoms with Crippen molar-refractivity contribution in [3.63, 3.8) is 0 Å². The predicted octanol–water partition coefficient (Wildman–Crippen LogP) is 6.12. The molecular weight excluding hydrogens is 454 g/mol. The zero-order chi connectivity index (χ0) is 23.3. The Morgan fingerprint density at radius 2 is 1.76 bits per heavy atom. The van der Waals surface area contributed by atoms with Crippen molar-refractivity contribution in [1.29, 1.82) is 0 Å². The van der Waals surface area contributed by atoms with Gasteiger partial charge in [0, 0.05) is 12.6 Å². The molecule has 2 aliphatic rings. The summed E-state index contributed by atoms with van der Waals surface area (Å²) >= 11 is 1.60. The minimum Gasteiger partial charge on any atom is -0.495 e. The number of anilines is 1. The Bertz CT molecular complexity index is 1020. The van der Waals surface area contributed by atoms with Crippen LogP contribution in [0.5, 0.6) is 5.75 Å². The fraction of sp³-hybridized carbons (Fsp3) is 0.640. The number of nitrogens with one attached hydrogen (secondary N) is 2. The van der Waals surface area contributed by atoms with Gasteiger partial charge >= 0.3 is 0 Å². The number of aryl methyl sites for hydroxylation is 1. The van der Waals surface area contributed by atoms with E-state index < -0.39 is 10.0 Å². The highest BCUT2D eigenvalue weighted by atomic mass is 32.2. The van der Waals surface area contributed by atoms with E-state index in [4.69, 9.17) is 9.72 Å². The molecule has 1 aromatic heterocycles. The van der Waals surface area contributed by atoms with Crippen LogP contribution in [0, 0.1) is 12.8 Å². The topological polar surface area (TPSA) is 80.3 Å². The molecule has 2 saturated carbocycles. The van der Waals surface area contributed by atoms with E-state index >= 15 is 0 Å². The highest BCUT2D eigenvalue weighted by Gasteiger charge is 2.23. The molecule has 33 heavy (non-hydrogen) atoms. The quantitative estimate of drug-likeness (QED) is 0.442. The number of hydrogen-bond acceptors (Lipinski definition) is 6. The molecule has 0 unspecified atom stereocenters. The second kappa shape index (κ2) is 11.2. The van der Waals surface area contributed by atoms with Crippen LogP contribution in [-0.2, 0) is 10.0 Å². The lowest BCUT2D eigenvalue weighted by atomic mass is 9.87. The van der Waals surface area contributed by atoms with Crippen LogP contribution in [0.1, 0.15) is 76.3 Å². The van der Waals surface area contributed by atoms with Gasteiger partial charge < -0.3 is 10.1 Å². The monoisotopic (exact) mass is 491 g/mol. The van der Waals surface area contributed by atoms with Crippen molar-refractivity contribution >= 4 is 26.5 Å². The Morgan fingerprint density at radius 1 is 1.06 bits per heavy atom. The van der Waals surface area contributed by atoms with Crippen LogP contribution in [0.4, 0.5) is 5.13 Å². The lowest BCUT2D eigenvalue weighted by Gasteiger charge is -2.22. The smallest absolute Gasteiger partial charge is 0.244 e. The average Bonchev–Trinajstić information content (AvgIpc) is 3.19. The summed E-state index contributed by atoms with van der Waals surface area (Å²) in [4.78, 5) is 5.92. The molecular formula is C25H37N3O3S2. The Morgan fingerprint density at radius 3 is 2.45 bits per heavy atom. The molecule has 4 rings (SSSR count). The minimum absolute atomic E-state index is 0.195. The number of nitrogens with zero attached hydrogens (tertiary/aromatic N) is 1. The summed E-state index contributed by atoms with van der Waals surface area (Å²) in [6.07, 6.45) is 13.4. The molecule has 0 saturated heterocycles. The van der Waals surface area contributed by atoms with Crippen molar-refractivity contribution in [1.82, 2.24) is 9.71 Å². The molecule has 6 nitrogen and oxygen atoms in total. The van der Waals surface area contributed by atoms with E-state index in [9.17, 15) is 8.42 Å². The van der Waals surface area contributed by atoms with Gasteiger partial charge in [-0.1, -0.05) is 62.7 Å². The molecule has 2 N–H and O–H groups in total. The highest BCUT2D eigenvalue weighted by molar-refractivity contribution is 7.89. The van der Waals surface area contributed by atoms with E-state index in [1.54, 1.807) is 23.5 Å². The van der Waals surface area contributed by atoms with E-state index in [1.807, 2.05) is 13.0 Å². The van der Waals surface area contributed by atoms with Crippen LogP contribution < -0.4 is 14.8 Å². The maximum absolute atomic E-state index is 13.2. The van der Waals surface area contributed by atoms with Crippen LogP contribution in [-0.4, -0.2) is 33.1 Å². The Hall–Kier alpha value is -1.64.